The van der Waals surface area contributed by atoms with Gasteiger partial charge in [-0.15, -0.1) is 0 Å². The summed E-state index contributed by atoms with van der Waals surface area (Å²) in [4.78, 5) is 11.7. The fourth-order valence-electron chi connectivity index (χ4n) is 1.15. The van der Waals surface area contributed by atoms with Gasteiger partial charge in [0.15, 0.2) is 0 Å². The molecule has 1 aliphatic heterocycles. The zero-order valence-electron chi connectivity index (χ0n) is 6.24. The van der Waals surface area contributed by atoms with Crippen LogP contribution in [-0.4, -0.2) is 15.9 Å². The van der Waals surface area contributed by atoms with Crippen LogP contribution in [0.2, 0.25) is 0 Å². The van der Waals surface area contributed by atoms with Crippen molar-refractivity contribution < 1.29 is 9.00 Å². The normalized spacial score (nSPS) is 21.3. The lowest BCUT2D eigenvalue weighted by atomic mass is 10.3. The van der Waals surface area contributed by atoms with E-state index in [1.807, 2.05) is 12.1 Å². The van der Waals surface area contributed by atoms with Crippen molar-refractivity contribution in [2.24, 2.45) is 0 Å². The van der Waals surface area contributed by atoms with Crippen LogP contribution >= 0.6 is 0 Å². The minimum Gasteiger partial charge on any atom is -0.324 e. The first-order valence-corrected chi connectivity index (χ1v) is 4.86. The fourth-order valence-corrected chi connectivity index (χ4v) is 2.21. The second-order valence-corrected chi connectivity index (χ2v) is 3.95. The van der Waals surface area contributed by atoms with Gasteiger partial charge >= 0.3 is 0 Å². The summed E-state index contributed by atoms with van der Waals surface area (Å²) in [6, 6.07) is 7.14. The summed E-state index contributed by atoms with van der Waals surface area (Å²) in [5, 5.41) is 2.66. The van der Waals surface area contributed by atoms with Crippen molar-refractivity contribution in [2.45, 2.75) is 4.90 Å². The van der Waals surface area contributed by atoms with Gasteiger partial charge in [-0.1, -0.05) is 12.1 Å². The molecule has 1 amide bonds. The van der Waals surface area contributed by atoms with E-state index >= 15 is 0 Å². The molecule has 2 rings (SSSR count). The van der Waals surface area contributed by atoms with Crippen LogP contribution in [0.1, 0.15) is 0 Å². The van der Waals surface area contributed by atoms with E-state index < -0.39 is 10.8 Å². The molecule has 12 heavy (non-hydrogen) atoms. The number of carbonyl (C=O) groups excluding carboxylic acids is 1. The van der Waals surface area contributed by atoms with Gasteiger partial charge in [-0.2, -0.15) is 0 Å². The first-order chi connectivity index (χ1) is 5.77. The third-order valence-corrected chi connectivity index (χ3v) is 3.04. The number of anilines is 1. The number of nitrogens with one attached hydrogen (secondary N) is 1. The Balaban J connectivity index is 2.54. The first-order valence-electron chi connectivity index (χ1n) is 3.54. The van der Waals surface area contributed by atoms with E-state index in [2.05, 4.69) is 5.32 Å². The standard InChI is InChI=1S/C8H7NO2S/c10-8-5-12(11)7-4-2-1-3-6(7)9-8/h1-4H,5H2,(H,9,10). The van der Waals surface area contributed by atoms with E-state index in [0.717, 1.165) is 4.90 Å². The zero-order chi connectivity index (χ0) is 8.55. The largest absolute Gasteiger partial charge is 0.324 e. The molecule has 0 aromatic heterocycles. The van der Waals surface area contributed by atoms with Gasteiger partial charge in [-0.3, -0.25) is 9.00 Å². The molecule has 1 unspecified atom stereocenters. The average Bonchev–Trinajstić information content (AvgIpc) is 2.04. The number of benzene rings is 1. The lowest BCUT2D eigenvalue weighted by Gasteiger charge is -2.14. The van der Waals surface area contributed by atoms with E-state index in [-0.39, 0.29) is 11.7 Å². The third-order valence-electron chi connectivity index (χ3n) is 1.67. The fraction of sp³-hybridized carbons (Fsp3) is 0.125. The number of amides is 1. The molecule has 0 aliphatic carbocycles. The highest BCUT2D eigenvalue weighted by molar-refractivity contribution is 7.86. The Kier molecular flexibility index (Phi) is 1.69. The molecule has 0 spiro atoms. The predicted molar refractivity (Wildman–Crippen MR) is 46.3 cm³/mol. The highest BCUT2D eigenvalue weighted by atomic mass is 32.2. The van der Waals surface area contributed by atoms with E-state index in [4.69, 9.17) is 0 Å². The number of fused-ring (bicyclic) bond motifs is 1. The lowest BCUT2D eigenvalue weighted by molar-refractivity contribution is -0.113. The van der Waals surface area contributed by atoms with Gasteiger partial charge in [0.1, 0.15) is 5.75 Å². The number of para-hydroxylation sites is 1. The number of rotatable bonds is 0. The molecule has 0 fully saturated rings. The van der Waals surface area contributed by atoms with E-state index in [0.29, 0.717) is 5.69 Å². The van der Waals surface area contributed by atoms with Crippen molar-refractivity contribution in [3.63, 3.8) is 0 Å². The van der Waals surface area contributed by atoms with E-state index in [9.17, 15) is 9.00 Å². The second kappa shape index (κ2) is 2.71. The monoisotopic (exact) mass is 181 g/mol. The summed E-state index contributed by atoms with van der Waals surface area (Å²) in [6.07, 6.45) is 0. The summed E-state index contributed by atoms with van der Waals surface area (Å²) in [5.74, 6) is -0.0937. The molecule has 0 saturated carbocycles. The molecule has 1 N–H and O–H groups in total. The number of carbonyl (C=O) groups is 1. The highest BCUT2D eigenvalue weighted by Crippen LogP contribution is 2.22. The van der Waals surface area contributed by atoms with E-state index in [1.165, 1.54) is 0 Å². The molecule has 1 aromatic carbocycles. The summed E-state index contributed by atoms with van der Waals surface area (Å²) in [5.41, 5.74) is 0.673. The molecule has 1 heterocycles. The van der Waals surface area contributed by atoms with Gasteiger partial charge < -0.3 is 5.32 Å². The van der Waals surface area contributed by atoms with Crippen molar-refractivity contribution in [2.75, 3.05) is 11.1 Å². The second-order valence-electron chi connectivity index (χ2n) is 2.53. The van der Waals surface area contributed by atoms with Gasteiger partial charge in [-0.05, 0) is 12.1 Å². The summed E-state index contributed by atoms with van der Waals surface area (Å²) < 4.78 is 11.3. The van der Waals surface area contributed by atoms with Gasteiger partial charge in [0.2, 0.25) is 5.91 Å². The maximum absolute atomic E-state index is 11.3. The molecule has 1 atom stereocenters. The highest BCUT2D eigenvalue weighted by Gasteiger charge is 2.19. The molecule has 0 bridgehead atoms. The minimum absolute atomic E-state index is 0.0804. The Morgan fingerprint density at radius 3 is 2.92 bits per heavy atom. The molecule has 62 valence electrons. The molecule has 0 saturated heterocycles. The summed E-state index contributed by atoms with van der Waals surface area (Å²) in [7, 11) is -1.16. The van der Waals surface area contributed by atoms with Crippen molar-refractivity contribution >= 4 is 22.4 Å². The zero-order valence-corrected chi connectivity index (χ0v) is 7.06. The Labute approximate surface area is 72.2 Å². The molecular formula is C8H7NO2S. The molecule has 0 radical (unpaired) electrons. The van der Waals surface area contributed by atoms with Crippen LogP contribution in [0, 0.1) is 0 Å². The topological polar surface area (TPSA) is 46.2 Å². The maximum Gasteiger partial charge on any atom is 0.237 e. The Morgan fingerprint density at radius 1 is 1.33 bits per heavy atom. The Hall–Kier alpha value is -1.16. The van der Waals surface area contributed by atoms with Crippen LogP contribution in [0.15, 0.2) is 29.2 Å². The lowest BCUT2D eigenvalue weighted by Crippen LogP contribution is -2.25. The van der Waals surface area contributed by atoms with Crippen LogP contribution in [0.4, 0.5) is 5.69 Å². The minimum atomic E-state index is -1.16. The van der Waals surface area contributed by atoms with Crippen LogP contribution in [0.5, 0.6) is 0 Å². The summed E-state index contributed by atoms with van der Waals surface area (Å²) in [6.45, 7) is 0. The molecule has 1 aromatic rings. The van der Waals surface area contributed by atoms with Crippen LogP contribution in [0.25, 0.3) is 0 Å². The number of hydrogen-bond acceptors (Lipinski definition) is 2. The quantitative estimate of drug-likeness (QED) is 0.641. The molecule has 1 aliphatic rings. The maximum atomic E-state index is 11.3. The number of hydrogen-bond donors (Lipinski definition) is 1. The molecule has 3 nitrogen and oxygen atoms in total. The van der Waals surface area contributed by atoms with Crippen molar-refractivity contribution in [1.82, 2.24) is 0 Å². The summed E-state index contributed by atoms with van der Waals surface area (Å²) >= 11 is 0. The van der Waals surface area contributed by atoms with Gasteiger partial charge in [-0.25, -0.2) is 0 Å². The van der Waals surface area contributed by atoms with Crippen molar-refractivity contribution in [3.05, 3.63) is 24.3 Å². The average molecular weight is 181 g/mol. The Bertz CT molecular complexity index is 362. The van der Waals surface area contributed by atoms with Gasteiger partial charge in [0.25, 0.3) is 0 Å². The Morgan fingerprint density at radius 2 is 2.08 bits per heavy atom. The van der Waals surface area contributed by atoms with E-state index in [1.54, 1.807) is 12.1 Å². The first kappa shape index (κ1) is 7.49. The predicted octanol–water partition coefficient (Wildman–Crippen LogP) is 0.746. The van der Waals surface area contributed by atoms with Crippen molar-refractivity contribution in [1.29, 1.82) is 0 Å². The van der Waals surface area contributed by atoms with Crippen molar-refractivity contribution in [3.8, 4) is 0 Å². The van der Waals surface area contributed by atoms with Crippen LogP contribution in [-0.2, 0) is 15.6 Å². The van der Waals surface area contributed by atoms with Gasteiger partial charge in [0.05, 0.1) is 21.4 Å². The molecular weight excluding hydrogens is 174 g/mol. The molecule has 4 heteroatoms. The van der Waals surface area contributed by atoms with Crippen LogP contribution < -0.4 is 5.32 Å². The van der Waals surface area contributed by atoms with Crippen LogP contribution in [0.3, 0.4) is 0 Å². The SMILES string of the molecule is O=C1CS(=O)c2ccccc2N1. The third kappa shape index (κ3) is 1.14. The van der Waals surface area contributed by atoms with Gasteiger partial charge in [0, 0.05) is 0 Å². The smallest absolute Gasteiger partial charge is 0.237 e.